The van der Waals surface area contributed by atoms with Crippen LogP contribution < -0.4 is 16.0 Å². The molecule has 0 radical (unpaired) electrons. The molecule has 1 fully saturated rings. The molecule has 29 heavy (non-hydrogen) atoms. The molecule has 9 heteroatoms. The van der Waals surface area contributed by atoms with Gasteiger partial charge in [-0.2, -0.15) is 0 Å². The molecular formula is C20H22N4O4S. The molecule has 8 nitrogen and oxygen atoms in total. The second-order valence-electron chi connectivity index (χ2n) is 6.89. The number of imide groups is 2. The van der Waals surface area contributed by atoms with Gasteiger partial charge in [-0.05, 0) is 42.8 Å². The number of hydrogen-bond donors (Lipinski definition) is 3. The Labute approximate surface area is 172 Å². The average Bonchev–Trinajstić information content (AvgIpc) is 3.25. The van der Waals surface area contributed by atoms with E-state index in [1.165, 1.54) is 0 Å². The van der Waals surface area contributed by atoms with Crippen molar-refractivity contribution < 1.29 is 19.2 Å². The Balaban J connectivity index is 1.56. The molecule has 152 valence electrons. The molecule has 0 spiro atoms. The first-order valence-corrected chi connectivity index (χ1v) is 9.99. The third-order valence-electron chi connectivity index (χ3n) is 4.75. The summed E-state index contributed by atoms with van der Waals surface area (Å²) >= 11 is 1.58. The van der Waals surface area contributed by atoms with Crippen LogP contribution in [0.15, 0.2) is 41.8 Å². The van der Waals surface area contributed by atoms with E-state index in [2.05, 4.69) is 16.0 Å². The van der Waals surface area contributed by atoms with Crippen LogP contribution in [0.2, 0.25) is 0 Å². The van der Waals surface area contributed by atoms with Gasteiger partial charge >= 0.3 is 12.1 Å². The first-order chi connectivity index (χ1) is 13.8. The lowest BCUT2D eigenvalue weighted by molar-refractivity contribution is -0.134. The van der Waals surface area contributed by atoms with Gasteiger partial charge in [-0.3, -0.25) is 19.8 Å². The summed E-state index contributed by atoms with van der Waals surface area (Å²) in [5.41, 5.74) is 0.249. The van der Waals surface area contributed by atoms with Crippen LogP contribution in [0, 0.1) is 6.92 Å². The minimum absolute atomic E-state index is 0.369. The molecular weight excluding hydrogens is 392 g/mol. The van der Waals surface area contributed by atoms with E-state index >= 15 is 0 Å². The number of carbonyl (C=O) groups is 4. The Hall–Kier alpha value is -3.20. The van der Waals surface area contributed by atoms with Crippen LogP contribution in [0.1, 0.15) is 22.9 Å². The summed E-state index contributed by atoms with van der Waals surface area (Å²) in [6, 6.07) is 9.77. The molecule has 6 amide bonds. The Morgan fingerprint density at radius 3 is 2.62 bits per heavy atom. The van der Waals surface area contributed by atoms with Crippen molar-refractivity contribution in [2.24, 2.45) is 0 Å². The van der Waals surface area contributed by atoms with E-state index in [1.54, 1.807) is 30.4 Å². The number of nitrogens with one attached hydrogen (secondary N) is 3. The van der Waals surface area contributed by atoms with Gasteiger partial charge in [0.2, 0.25) is 5.91 Å². The van der Waals surface area contributed by atoms with E-state index in [4.69, 9.17) is 0 Å². The first kappa shape index (κ1) is 20.5. The molecule has 3 N–H and O–H groups in total. The van der Waals surface area contributed by atoms with Gasteiger partial charge in [-0.15, -0.1) is 11.3 Å². The SMILES string of the molecule is Cc1ccccc1C1(C)NC(=O)N(CC(=O)NC(=O)NCCc2cccs2)C1=O. The number of urea groups is 2. The van der Waals surface area contributed by atoms with Gasteiger partial charge in [0.25, 0.3) is 5.91 Å². The van der Waals surface area contributed by atoms with Crippen molar-refractivity contribution in [1.82, 2.24) is 20.9 Å². The van der Waals surface area contributed by atoms with E-state index in [1.807, 2.05) is 36.6 Å². The average molecular weight is 414 g/mol. The predicted octanol–water partition coefficient (Wildman–Crippen LogP) is 1.89. The smallest absolute Gasteiger partial charge is 0.325 e. The van der Waals surface area contributed by atoms with Crippen LogP contribution in [0.5, 0.6) is 0 Å². The normalized spacial score (nSPS) is 18.5. The standard InChI is InChI=1S/C20H22N4O4S/c1-13-6-3-4-8-15(13)20(2)17(26)24(19(28)23-20)12-16(25)22-18(27)21-10-9-14-7-5-11-29-14/h3-8,11H,9-10,12H2,1-2H3,(H,23,28)(H2,21,22,25,27). The van der Waals surface area contributed by atoms with Gasteiger partial charge in [0.05, 0.1) is 0 Å². The highest BCUT2D eigenvalue weighted by Crippen LogP contribution is 2.30. The van der Waals surface area contributed by atoms with Crippen molar-refractivity contribution in [2.75, 3.05) is 13.1 Å². The molecule has 2 aromatic rings. The summed E-state index contributed by atoms with van der Waals surface area (Å²) < 4.78 is 0. The highest BCUT2D eigenvalue weighted by molar-refractivity contribution is 7.09. The lowest BCUT2D eigenvalue weighted by Crippen LogP contribution is -2.47. The van der Waals surface area contributed by atoms with Crippen LogP contribution in [-0.2, 0) is 21.5 Å². The van der Waals surface area contributed by atoms with E-state index in [0.29, 0.717) is 18.5 Å². The Kier molecular flexibility index (Phi) is 5.97. The molecule has 0 aliphatic carbocycles. The van der Waals surface area contributed by atoms with Crippen molar-refractivity contribution >= 4 is 35.2 Å². The Bertz CT molecular complexity index is 944. The number of aryl methyl sites for hydroxylation is 1. The number of benzene rings is 1. The summed E-state index contributed by atoms with van der Waals surface area (Å²) in [4.78, 5) is 51.2. The number of rotatable bonds is 6. The van der Waals surface area contributed by atoms with Crippen molar-refractivity contribution in [2.45, 2.75) is 25.8 Å². The van der Waals surface area contributed by atoms with E-state index < -0.39 is 36.0 Å². The largest absolute Gasteiger partial charge is 0.337 e. The third kappa shape index (κ3) is 4.45. The van der Waals surface area contributed by atoms with Gasteiger partial charge in [0.15, 0.2) is 0 Å². The summed E-state index contributed by atoms with van der Waals surface area (Å²) in [6.45, 7) is 3.28. The molecule has 1 aromatic carbocycles. The summed E-state index contributed by atoms with van der Waals surface area (Å²) in [5, 5.41) is 9.33. The maximum atomic E-state index is 12.9. The molecule has 1 saturated heterocycles. The van der Waals surface area contributed by atoms with Crippen molar-refractivity contribution in [1.29, 1.82) is 0 Å². The van der Waals surface area contributed by atoms with Gasteiger partial charge in [-0.1, -0.05) is 30.3 Å². The number of hydrogen-bond acceptors (Lipinski definition) is 5. The minimum Gasteiger partial charge on any atom is -0.337 e. The van der Waals surface area contributed by atoms with Gasteiger partial charge in [-0.25, -0.2) is 9.59 Å². The highest BCUT2D eigenvalue weighted by atomic mass is 32.1. The fraction of sp³-hybridized carbons (Fsp3) is 0.300. The van der Waals surface area contributed by atoms with Crippen molar-refractivity contribution in [3.63, 3.8) is 0 Å². The first-order valence-electron chi connectivity index (χ1n) is 9.11. The van der Waals surface area contributed by atoms with Gasteiger partial charge in [0, 0.05) is 11.4 Å². The molecule has 0 bridgehead atoms. The molecule has 0 saturated carbocycles. The molecule has 1 unspecified atom stereocenters. The zero-order chi connectivity index (χ0) is 21.0. The molecule has 1 aliphatic rings. The van der Waals surface area contributed by atoms with Gasteiger partial charge in [0.1, 0.15) is 12.1 Å². The number of nitrogens with zero attached hydrogens (tertiary/aromatic N) is 1. The molecule has 2 heterocycles. The zero-order valence-electron chi connectivity index (χ0n) is 16.2. The van der Waals surface area contributed by atoms with Gasteiger partial charge < -0.3 is 10.6 Å². The topological polar surface area (TPSA) is 108 Å². The Morgan fingerprint density at radius 1 is 1.17 bits per heavy atom. The third-order valence-corrected chi connectivity index (χ3v) is 5.69. The lowest BCUT2D eigenvalue weighted by Gasteiger charge is -2.24. The van der Waals surface area contributed by atoms with E-state index in [0.717, 1.165) is 15.3 Å². The quantitative estimate of drug-likeness (QED) is 0.628. The second-order valence-corrected chi connectivity index (χ2v) is 7.93. The fourth-order valence-corrected chi connectivity index (χ4v) is 3.97. The maximum absolute atomic E-state index is 12.9. The van der Waals surface area contributed by atoms with Crippen LogP contribution in [0.4, 0.5) is 9.59 Å². The summed E-state index contributed by atoms with van der Waals surface area (Å²) in [5.74, 6) is -1.28. The van der Waals surface area contributed by atoms with Crippen molar-refractivity contribution in [3.05, 3.63) is 57.8 Å². The molecule has 1 atom stereocenters. The van der Waals surface area contributed by atoms with Crippen LogP contribution >= 0.6 is 11.3 Å². The number of amides is 6. The van der Waals surface area contributed by atoms with E-state index in [9.17, 15) is 19.2 Å². The molecule has 3 rings (SSSR count). The van der Waals surface area contributed by atoms with Crippen molar-refractivity contribution in [3.8, 4) is 0 Å². The molecule has 1 aliphatic heterocycles. The monoisotopic (exact) mass is 414 g/mol. The summed E-state index contributed by atoms with van der Waals surface area (Å²) in [6.07, 6.45) is 0.654. The van der Waals surface area contributed by atoms with Crippen LogP contribution in [0.3, 0.4) is 0 Å². The van der Waals surface area contributed by atoms with E-state index in [-0.39, 0.29) is 0 Å². The number of carbonyl (C=O) groups excluding carboxylic acids is 4. The molecule has 1 aromatic heterocycles. The second kappa shape index (κ2) is 8.44. The predicted molar refractivity (Wildman–Crippen MR) is 108 cm³/mol. The van der Waals surface area contributed by atoms with Crippen LogP contribution in [-0.4, -0.2) is 41.9 Å². The summed E-state index contributed by atoms with van der Waals surface area (Å²) in [7, 11) is 0. The minimum atomic E-state index is -1.26. The van der Waals surface area contributed by atoms with Crippen LogP contribution in [0.25, 0.3) is 0 Å². The Morgan fingerprint density at radius 2 is 1.93 bits per heavy atom. The fourth-order valence-electron chi connectivity index (χ4n) is 3.27. The maximum Gasteiger partial charge on any atom is 0.325 e. The zero-order valence-corrected chi connectivity index (χ0v) is 17.0. The number of thiophene rings is 1. The highest BCUT2D eigenvalue weighted by Gasteiger charge is 2.50. The lowest BCUT2D eigenvalue weighted by atomic mass is 9.88.